The van der Waals surface area contributed by atoms with Gasteiger partial charge in [-0.3, -0.25) is 9.59 Å². The Morgan fingerprint density at radius 2 is 2.05 bits per heavy atom. The maximum atomic E-state index is 12.2. The molecule has 0 unspecified atom stereocenters. The first-order chi connectivity index (χ1) is 9.60. The molecule has 0 radical (unpaired) electrons. The van der Waals surface area contributed by atoms with Gasteiger partial charge in [0.15, 0.2) is 5.76 Å². The van der Waals surface area contributed by atoms with Gasteiger partial charge in [0.25, 0.3) is 5.91 Å². The Morgan fingerprint density at radius 3 is 2.70 bits per heavy atom. The second-order valence-electron chi connectivity index (χ2n) is 5.79. The van der Waals surface area contributed by atoms with Crippen molar-refractivity contribution in [1.29, 1.82) is 0 Å². The lowest BCUT2D eigenvalue weighted by atomic mass is 9.84. The summed E-state index contributed by atoms with van der Waals surface area (Å²) in [7, 11) is 1.41. The van der Waals surface area contributed by atoms with E-state index < -0.39 is 0 Å². The molecule has 0 saturated heterocycles. The highest BCUT2D eigenvalue weighted by Crippen LogP contribution is 2.49. The van der Waals surface area contributed by atoms with E-state index in [9.17, 15) is 9.59 Å². The van der Waals surface area contributed by atoms with Crippen molar-refractivity contribution >= 4 is 11.9 Å². The molecule has 5 nitrogen and oxygen atoms in total. The number of carbonyl (C=O) groups excluding carboxylic acids is 2. The number of methoxy groups -OCH3 is 1. The first-order valence-electron chi connectivity index (χ1n) is 7.05. The van der Waals surface area contributed by atoms with Crippen molar-refractivity contribution in [3.05, 3.63) is 23.7 Å². The lowest BCUT2D eigenvalue weighted by Gasteiger charge is -2.29. The Labute approximate surface area is 117 Å². The molecule has 2 aliphatic carbocycles. The molecule has 2 bridgehead atoms. The van der Waals surface area contributed by atoms with Gasteiger partial charge in [0.2, 0.25) is 0 Å². The normalized spacial score (nSPS) is 31.3. The van der Waals surface area contributed by atoms with E-state index in [0.717, 1.165) is 19.3 Å². The van der Waals surface area contributed by atoms with Crippen LogP contribution in [0.5, 0.6) is 0 Å². The first-order valence-corrected chi connectivity index (χ1v) is 7.05. The molecule has 20 heavy (non-hydrogen) atoms. The van der Waals surface area contributed by atoms with E-state index in [1.54, 1.807) is 19.1 Å². The zero-order valence-electron chi connectivity index (χ0n) is 11.7. The third kappa shape index (κ3) is 2.11. The fourth-order valence-electron chi connectivity index (χ4n) is 3.75. The van der Waals surface area contributed by atoms with Gasteiger partial charge in [-0.15, -0.1) is 0 Å². The van der Waals surface area contributed by atoms with Gasteiger partial charge in [-0.1, -0.05) is 0 Å². The molecule has 1 heterocycles. The van der Waals surface area contributed by atoms with E-state index in [2.05, 4.69) is 5.32 Å². The number of hydrogen-bond acceptors (Lipinski definition) is 4. The summed E-state index contributed by atoms with van der Waals surface area (Å²) in [5.74, 6) is 1.06. The smallest absolute Gasteiger partial charge is 0.311 e. The van der Waals surface area contributed by atoms with Crippen LogP contribution in [0.4, 0.5) is 0 Å². The van der Waals surface area contributed by atoms with Crippen LogP contribution in [0.15, 0.2) is 16.5 Å². The van der Waals surface area contributed by atoms with Crippen LogP contribution in [0.25, 0.3) is 0 Å². The molecule has 0 aliphatic heterocycles. The van der Waals surface area contributed by atoms with Gasteiger partial charge < -0.3 is 14.5 Å². The average molecular weight is 277 g/mol. The molecule has 2 aliphatic rings. The van der Waals surface area contributed by atoms with Gasteiger partial charge in [0.1, 0.15) is 5.76 Å². The molecule has 4 atom stereocenters. The van der Waals surface area contributed by atoms with Crippen molar-refractivity contribution in [2.75, 3.05) is 7.11 Å². The van der Waals surface area contributed by atoms with E-state index in [0.29, 0.717) is 23.4 Å². The number of amides is 1. The summed E-state index contributed by atoms with van der Waals surface area (Å²) < 4.78 is 10.2. The quantitative estimate of drug-likeness (QED) is 0.857. The molecule has 108 valence electrons. The molecular formula is C15H19NO4. The number of ether oxygens (including phenoxy) is 1. The molecule has 2 saturated carbocycles. The molecule has 0 aromatic carbocycles. The van der Waals surface area contributed by atoms with Crippen molar-refractivity contribution in [2.24, 2.45) is 17.8 Å². The number of rotatable bonds is 3. The van der Waals surface area contributed by atoms with Crippen LogP contribution in [0, 0.1) is 24.7 Å². The molecule has 1 aromatic rings. The molecule has 1 amide bonds. The highest BCUT2D eigenvalue weighted by molar-refractivity contribution is 5.92. The topological polar surface area (TPSA) is 68.5 Å². The standard InChI is InChI=1S/C15H19NO4/c1-8-3-6-11(20-8)14(17)16-13-10-5-4-9(7-10)12(13)15(18)19-2/h3,6,9-10,12-13H,4-5,7H2,1-2H3,(H,16,17)/t9-,10-,12+,13-/m0/s1. The van der Waals surface area contributed by atoms with Crippen LogP contribution in [0.2, 0.25) is 0 Å². The van der Waals surface area contributed by atoms with Crippen LogP contribution in [0.1, 0.15) is 35.6 Å². The molecule has 1 aromatic heterocycles. The largest absolute Gasteiger partial charge is 0.469 e. The minimum atomic E-state index is -0.246. The predicted octanol–water partition coefficient (Wildman–Crippen LogP) is 1.91. The Bertz CT molecular complexity index is 536. The number of esters is 1. The fourth-order valence-corrected chi connectivity index (χ4v) is 3.75. The minimum absolute atomic E-state index is 0.126. The Hall–Kier alpha value is -1.78. The van der Waals surface area contributed by atoms with Crippen LogP contribution in [-0.4, -0.2) is 25.0 Å². The number of carbonyl (C=O) groups is 2. The summed E-state index contributed by atoms with van der Waals surface area (Å²) in [5, 5.41) is 2.97. The Morgan fingerprint density at radius 1 is 1.30 bits per heavy atom. The lowest BCUT2D eigenvalue weighted by molar-refractivity contribution is -0.148. The van der Waals surface area contributed by atoms with Gasteiger partial charge in [-0.2, -0.15) is 0 Å². The average Bonchev–Trinajstić information content (AvgIpc) is 3.13. The first kappa shape index (κ1) is 13.2. The summed E-state index contributed by atoms with van der Waals surface area (Å²) in [5.41, 5.74) is 0. The highest BCUT2D eigenvalue weighted by Gasteiger charge is 2.52. The van der Waals surface area contributed by atoms with Crippen molar-refractivity contribution in [2.45, 2.75) is 32.2 Å². The van der Waals surface area contributed by atoms with Crippen molar-refractivity contribution in [3.8, 4) is 0 Å². The summed E-state index contributed by atoms with van der Waals surface area (Å²) in [4.78, 5) is 24.1. The Balaban J connectivity index is 1.75. The van der Waals surface area contributed by atoms with Gasteiger partial charge in [0, 0.05) is 6.04 Å². The van der Waals surface area contributed by atoms with Crippen molar-refractivity contribution < 1.29 is 18.7 Å². The number of aryl methyl sites for hydroxylation is 1. The molecule has 2 fully saturated rings. The molecule has 5 heteroatoms. The SMILES string of the molecule is COC(=O)[C@@H]1[C@H]2CC[C@@H](C2)[C@@H]1NC(=O)c1ccc(C)o1. The summed E-state index contributed by atoms with van der Waals surface area (Å²) >= 11 is 0. The number of hydrogen-bond donors (Lipinski definition) is 1. The van der Waals surface area contributed by atoms with Crippen molar-refractivity contribution in [3.63, 3.8) is 0 Å². The lowest BCUT2D eigenvalue weighted by Crippen LogP contribution is -2.47. The zero-order chi connectivity index (χ0) is 14.3. The van der Waals surface area contributed by atoms with Gasteiger partial charge >= 0.3 is 5.97 Å². The summed E-state index contributed by atoms with van der Waals surface area (Å²) in [6.45, 7) is 1.80. The summed E-state index contributed by atoms with van der Waals surface area (Å²) in [6.07, 6.45) is 3.12. The molecular weight excluding hydrogens is 258 g/mol. The zero-order valence-corrected chi connectivity index (χ0v) is 11.7. The van der Waals surface area contributed by atoms with E-state index in [1.165, 1.54) is 7.11 Å². The van der Waals surface area contributed by atoms with Crippen LogP contribution in [0.3, 0.4) is 0 Å². The monoisotopic (exact) mass is 277 g/mol. The van der Waals surface area contributed by atoms with Crippen LogP contribution < -0.4 is 5.32 Å². The second-order valence-corrected chi connectivity index (χ2v) is 5.79. The van der Waals surface area contributed by atoms with Gasteiger partial charge in [-0.25, -0.2) is 0 Å². The highest BCUT2D eigenvalue weighted by atomic mass is 16.5. The third-order valence-electron chi connectivity index (χ3n) is 4.65. The summed E-state index contributed by atoms with van der Waals surface area (Å²) in [6, 6.07) is 3.29. The van der Waals surface area contributed by atoms with Crippen LogP contribution in [-0.2, 0) is 9.53 Å². The minimum Gasteiger partial charge on any atom is -0.469 e. The maximum absolute atomic E-state index is 12.2. The van der Waals surface area contributed by atoms with E-state index >= 15 is 0 Å². The van der Waals surface area contributed by atoms with Crippen LogP contribution >= 0.6 is 0 Å². The number of furan rings is 1. The van der Waals surface area contributed by atoms with E-state index in [-0.39, 0.29) is 23.8 Å². The maximum Gasteiger partial charge on any atom is 0.311 e. The molecule has 1 N–H and O–H groups in total. The molecule has 3 rings (SSSR count). The molecule has 0 spiro atoms. The van der Waals surface area contributed by atoms with E-state index in [4.69, 9.17) is 9.15 Å². The third-order valence-corrected chi connectivity index (χ3v) is 4.65. The van der Waals surface area contributed by atoms with Gasteiger partial charge in [-0.05, 0) is 50.2 Å². The Kier molecular flexibility index (Phi) is 3.28. The fraction of sp³-hybridized carbons (Fsp3) is 0.600. The predicted molar refractivity (Wildman–Crippen MR) is 71.0 cm³/mol. The van der Waals surface area contributed by atoms with Gasteiger partial charge in [0.05, 0.1) is 13.0 Å². The van der Waals surface area contributed by atoms with Crippen molar-refractivity contribution in [1.82, 2.24) is 5.32 Å². The number of nitrogens with one attached hydrogen (secondary N) is 1. The second kappa shape index (κ2) is 4.96. The number of fused-ring (bicyclic) bond motifs is 2. The van der Waals surface area contributed by atoms with E-state index in [1.807, 2.05) is 0 Å².